The van der Waals surface area contributed by atoms with E-state index < -0.39 is 0 Å². The predicted octanol–water partition coefficient (Wildman–Crippen LogP) is 4.22. The molecule has 112 valence electrons. The Balaban J connectivity index is 2.36. The lowest BCUT2D eigenvalue weighted by atomic mass is 10.1. The number of aromatic nitrogens is 2. The third kappa shape index (κ3) is 3.72. The molecule has 0 atom stereocenters. The van der Waals surface area contributed by atoms with Crippen molar-refractivity contribution in [2.24, 2.45) is 0 Å². The molecule has 0 aliphatic rings. The van der Waals surface area contributed by atoms with Crippen LogP contribution < -0.4 is 10.6 Å². The van der Waals surface area contributed by atoms with Crippen molar-refractivity contribution in [2.45, 2.75) is 40.5 Å². The van der Waals surface area contributed by atoms with Gasteiger partial charge in [0.05, 0.1) is 0 Å². The van der Waals surface area contributed by atoms with Gasteiger partial charge in [-0.15, -0.1) is 0 Å². The zero-order valence-corrected chi connectivity index (χ0v) is 13.3. The maximum Gasteiger partial charge on any atom is 0.139 e. The van der Waals surface area contributed by atoms with Crippen LogP contribution in [-0.4, -0.2) is 16.5 Å². The second-order valence-corrected chi connectivity index (χ2v) is 5.27. The molecule has 0 amide bonds. The fraction of sp³-hybridized carbons (Fsp3) is 0.412. The van der Waals surface area contributed by atoms with Gasteiger partial charge in [-0.25, -0.2) is 9.97 Å². The molecule has 0 saturated heterocycles. The first-order valence-electron chi connectivity index (χ1n) is 7.57. The molecule has 0 aliphatic heterocycles. The molecule has 1 heterocycles. The van der Waals surface area contributed by atoms with E-state index in [9.17, 15) is 0 Å². The van der Waals surface area contributed by atoms with Crippen molar-refractivity contribution >= 4 is 17.3 Å². The van der Waals surface area contributed by atoms with Crippen LogP contribution in [-0.2, 0) is 6.42 Å². The molecule has 0 bridgehead atoms. The summed E-state index contributed by atoms with van der Waals surface area (Å²) in [5.41, 5.74) is 4.74. The van der Waals surface area contributed by atoms with E-state index in [0.717, 1.165) is 42.3 Å². The van der Waals surface area contributed by atoms with Crippen LogP contribution in [0.4, 0.5) is 17.3 Å². The van der Waals surface area contributed by atoms with Gasteiger partial charge in [-0.3, -0.25) is 0 Å². The van der Waals surface area contributed by atoms with E-state index in [-0.39, 0.29) is 0 Å². The highest BCUT2D eigenvalue weighted by Crippen LogP contribution is 2.26. The van der Waals surface area contributed by atoms with Crippen molar-refractivity contribution in [1.29, 1.82) is 0 Å². The van der Waals surface area contributed by atoms with E-state index in [1.807, 2.05) is 0 Å². The zero-order chi connectivity index (χ0) is 15.2. The van der Waals surface area contributed by atoms with Crippen LogP contribution in [0.5, 0.6) is 0 Å². The molecule has 0 saturated carbocycles. The lowest BCUT2D eigenvalue weighted by Gasteiger charge is -2.16. The molecule has 1 aromatic heterocycles. The molecule has 21 heavy (non-hydrogen) atoms. The van der Waals surface area contributed by atoms with Crippen LogP contribution in [0.25, 0.3) is 0 Å². The van der Waals surface area contributed by atoms with Gasteiger partial charge >= 0.3 is 0 Å². The standard InChI is InChI=1S/C17H24N4/c1-5-7-14-16(18-6-2)19-11-20-17(14)21-15-9-8-12(3)10-13(15)4/h8-11H,5-7H2,1-4H3,(H2,18,19,20,21). The lowest BCUT2D eigenvalue weighted by Crippen LogP contribution is -2.08. The molecule has 2 aromatic rings. The maximum atomic E-state index is 4.44. The summed E-state index contributed by atoms with van der Waals surface area (Å²) in [6, 6.07) is 6.39. The maximum absolute atomic E-state index is 4.44. The van der Waals surface area contributed by atoms with Gasteiger partial charge in [0.2, 0.25) is 0 Å². The zero-order valence-electron chi connectivity index (χ0n) is 13.3. The summed E-state index contributed by atoms with van der Waals surface area (Å²) in [4.78, 5) is 8.80. The Morgan fingerprint density at radius 1 is 1.05 bits per heavy atom. The van der Waals surface area contributed by atoms with E-state index in [1.54, 1.807) is 6.33 Å². The molecule has 2 N–H and O–H groups in total. The molecule has 0 spiro atoms. The highest BCUT2D eigenvalue weighted by molar-refractivity contribution is 5.67. The molecule has 4 nitrogen and oxygen atoms in total. The van der Waals surface area contributed by atoms with Gasteiger partial charge in [0.1, 0.15) is 18.0 Å². The summed E-state index contributed by atoms with van der Waals surface area (Å²) >= 11 is 0. The summed E-state index contributed by atoms with van der Waals surface area (Å²) < 4.78 is 0. The Morgan fingerprint density at radius 2 is 1.81 bits per heavy atom. The van der Waals surface area contributed by atoms with Crippen LogP contribution in [0, 0.1) is 13.8 Å². The molecule has 0 radical (unpaired) electrons. The number of benzene rings is 1. The third-order valence-corrected chi connectivity index (χ3v) is 3.42. The van der Waals surface area contributed by atoms with Crippen LogP contribution in [0.3, 0.4) is 0 Å². The van der Waals surface area contributed by atoms with E-state index in [2.05, 4.69) is 66.5 Å². The summed E-state index contributed by atoms with van der Waals surface area (Å²) in [7, 11) is 0. The first kappa shape index (κ1) is 15.3. The van der Waals surface area contributed by atoms with Gasteiger partial charge in [-0.1, -0.05) is 31.0 Å². The van der Waals surface area contributed by atoms with Crippen LogP contribution in [0.1, 0.15) is 37.0 Å². The summed E-state index contributed by atoms with van der Waals surface area (Å²) in [6.45, 7) is 9.32. The molecule has 4 heteroatoms. The van der Waals surface area contributed by atoms with Gasteiger partial charge in [0, 0.05) is 17.8 Å². The smallest absolute Gasteiger partial charge is 0.139 e. The molecule has 0 fully saturated rings. The molecule has 2 rings (SSSR count). The number of aryl methyl sites for hydroxylation is 2. The van der Waals surface area contributed by atoms with Crippen LogP contribution >= 0.6 is 0 Å². The van der Waals surface area contributed by atoms with Crippen molar-refractivity contribution < 1.29 is 0 Å². The van der Waals surface area contributed by atoms with E-state index in [0.29, 0.717) is 0 Å². The highest BCUT2D eigenvalue weighted by Gasteiger charge is 2.11. The number of anilines is 3. The van der Waals surface area contributed by atoms with Gasteiger partial charge in [-0.05, 0) is 38.8 Å². The molecular formula is C17H24N4. The largest absolute Gasteiger partial charge is 0.370 e. The molecular weight excluding hydrogens is 260 g/mol. The average molecular weight is 284 g/mol. The highest BCUT2D eigenvalue weighted by atomic mass is 15.1. The summed E-state index contributed by atoms with van der Waals surface area (Å²) in [6.07, 6.45) is 3.63. The Kier molecular flexibility index (Phi) is 5.14. The Bertz CT molecular complexity index is 608. The predicted molar refractivity (Wildman–Crippen MR) is 89.4 cm³/mol. The molecule has 1 aromatic carbocycles. The Morgan fingerprint density at radius 3 is 2.48 bits per heavy atom. The number of nitrogens with zero attached hydrogens (tertiary/aromatic N) is 2. The third-order valence-electron chi connectivity index (χ3n) is 3.42. The van der Waals surface area contributed by atoms with Crippen molar-refractivity contribution in [1.82, 2.24) is 9.97 Å². The number of hydrogen-bond acceptors (Lipinski definition) is 4. The first-order chi connectivity index (χ1) is 10.2. The monoisotopic (exact) mass is 284 g/mol. The average Bonchev–Trinajstić information content (AvgIpc) is 2.45. The van der Waals surface area contributed by atoms with Crippen LogP contribution in [0.2, 0.25) is 0 Å². The normalized spacial score (nSPS) is 10.5. The van der Waals surface area contributed by atoms with Crippen molar-refractivity contribution in [3.8, 4) is 0 Å². The first-order valence-corrected chi connectivity index (χ1v) is 7.57. The van der Waals surface area contributed by atoms with Crippen LogP contribution in [0.15, 0.2) is 24.5 Å². The fourth-order valence-electron chi connectivity index (χ4n) is 2.41. The van der Waals surface area contributed by atoms with Crippen molar-refractivity contribution in [2.75, 3.05) is 17.2 Å². The van der Waals surface area contributed by atoms with Gasteiger partial charge < -0.3 is 10.6 Å². The lowest BCUT2D eigenvalue weighted by molar-refractivity contribution is 0.902. The van der Waals surface area contributed by atoms with E-state index in [1.165, 1.54) is 11.1 Å². The summed E-state index contributed by atoms with van der Waals surface area (Å²) in [5.74, 6) is 1.83. The van der Waals surface area contributed by atoms with Gasteiger partial charge in [0.15, 0.2) is 0 Å². The minimum atomic E-state index is 0.858. The Hall–Kier alpha value is -2.10. The second-order valence-electron chi connectivity index (χ2n) is 5.27. The number of rotatable bonds is 6. The quantitative estimate of drug-likeness (QED) is 0.833. The molecule has 0 aliphatic carbocycles. The minimum Gasteiger partial charge on any atom is -0.370 e. The van der Waals surface area contributed by atoms with E-state index in [4.69, 9.17) is 0 Å². The Labute approximate surface area is 127 Å². The molecule has 0 unspecified atom stereocenters. The van der Waals surface area contributed by atoms with Gasteiger partial charge in [0.25, 0.3) is 0 Å². The number of hydrogen-bond donors (Lipinski definition) is 2. The SMILES string of the molecule is CCCc1c(NCC)ncnc1Nc1ccc(C)cc1C. The minimum absolute atomic E-state index is 0.858. The van der Waals surface area contributed by atoms with Crippen molar-refractivity contribution in [3.63, 3.8) is 0 Å². The topological polar surface area (TPSA) is 49.8 Å². The fourth-order valence-corrected chi connectivity index (χ4v) is 2.41. The number of nitrogens with one attached hydrogen (secondary N) is 2. The second kappa shape index (κ2) is 7.07. The van der Waals surface area contributed by atoms with E-state index >= 15 is 0 Å². The summed E-state index contributed by atoms with van der Waals surface area (Å²) in [5, 5.41) is 6.78. The van der Waals surface area contributed by atoms with Crippen molar-refractivity contribution in [3.05, 3.63) is 41.2 Å². The van der Waals surface area contributed by atoms with Gasteiger partial charge in [-0.2, -0.15) is 0 Å².